The van der Waals surface area contributed by atoms with Gasteiger partial charge in [-0.05, 0) is 24.3 Å². The molecule has 2 heterocycles. The van der Waals surface area contributed by atoms with E-state index in [1.165, 1.54) is 6.33 Å². The highest BCUT2D eigenvalue weighted by Crippen LogP contribution is 2.34. The molecule has 1 fully saturated rings. The van der Waals surface area contributed by atoms with Crippen LogP contribution < -0.4 is 4.74 Å². The minimum atomic E-state index is -0.827. The quantitative estimate of drug-likeness (QED) is 0.859. The van der Waals surface area contributed by atoms with Gasteiger partial charge < -0.3 is 14.2 Å². The molecule has 0 unspecified atom stereocenters. The van der Waals surface area contributed by atoms with Crippen LogP contribution >= 0.6 is 0 Å². The Morgan fingerprint density at radius 1 is 1.29 bits per heavy atom. The second-order valence-electron chi connectivity index (χ2n) is 5.30. The lowest BCUT2D eigenvalue weighted by Crippen LogP contribution is -2.44. The third-order valence-electron chi connectivity index (χ3n) is 3.57. The Kier molecular flexibility index (Phi) is 3.90. The van der Waals surface area contributed by atoms with Crippen LogP contribution in [0.25, 0.3) is 0 Å². The van der Waals surface area contributed by atoms with Gasteiger partial charge in [0.25, 0.3) is 0 Å². The van der Waals surface area contributed by atoms with Crippen LogP contribution in [0.4, 0.5) is 0 Å². The molecule has 2 aromatic rings. The molecule has 3 rings (SSSR count). The molecule has 1 aliphatic rings. The molecule has 1 aromatic heterocycles. The first kappa shape index (κ1) is 14.0. The first-order valence-electron chi connectivity index (χ1n) is 6.97. The van der Waals surface area contributed by atoms with Crippen LogP contribution in [0.2, 0.25) is 0 Å². The molecule has 1 saturated heterocycles. The van der Waals surface area contributed by atoms with Crippen molar-refractivity contribution in [1.82, 2.24) is 14.8 Å². The maximum Gasteiger partial charge on any atom is 0.215 e. The van der Waals surface area contributed by atoms with Gasteiger partial charge in [-0.1, -0.05) is 6.92 Å². The van der Waals surface area contributed by atoms with E-state index in [0.29, 0.717) is 25.7 Å². The third-order valence-corrected chi connectivity index (χ3v) is 3.57. The lowest BCUT2D eigenvalue weighted by Gasteiger charge is -2.39. The van der Waals surface area contributed by atoms with Gasteiger partial charge in [0.2, 0.25) is 5.79 Å². The molecule has 0 spiro atoms. The van der Waals surface area contributed by atoms with Gasteiger partial charge in [-0.25, -0.2) is 9.67 Å². The van der Waals surface area contributed by atoms with Gasteiger partial charge in [0.05, 0.1) is 20.3 Å². The van der Waals surface area contributed by atoms with Gasteiger partial charge in [-0.2, -0.15) is 5.10 Å². The fourth-order valence-electron chi connectivity index (χ4n) is 2.37. The highest BCUT2D eigenvalue weighted by Gasteiger charge is 2.39. The second kappa shape index (κ2) is 5.83. The summed E-state index contributed by atoms with van der Waals surface area (Å²) in [7, 11) is 1.65. The second-order valence-corrected chi connectivity index (χ2v) is 5.30. The van der Waals surface area contributed by atoms with Gasteiger partial charge in [0.15, 0.2) is 0 Å². The Labute approximate surface area is 123 Å². The van der Waals surface area contributed by atoms with E-state index in [9.17, 15) is 0 Å². The van der Waals surface area contributed by atoms with Crippen molar-refractivity contribution in [2.45, 2.75) is 19.3 Å². The summed E-state index contributed by atoms with van der Waals surface area (Å²) in [5.74, 6) is 0.359. The Bertz CT molecular complexity index is 560. The van der Waals surface area contributed by atoms with Crippen molar-refractivity contribution < 1.29 is 14.2 Å². The molecule has 0 bridgehead atoms. The summed E-state index contributed by atoms with van der Waals surface area (Å²) >= 11 is 0. The normalized spacial score (nSPS) is 25.7. The van der Waals surface area contributed by atoms with E-state index in [2.05, 4.69) is 17.0 Å². The van der Waals surface area contributed by atoms with Gasteiger partial charge in [0.1, 0.15) is 24.9 Å². The summed E-state index contributed by atoms with van der Waals surface area (Å²) in [6.07, 6.45) is 3.17. The summed E-state index contributed by atoms with van der Waals surface area (Å²) < 4.78 is 19.0. The number of benzene rings is 1. The van der Waals surface area contributed by atoms with Crippen molar-refractivity contribution in [2.75, 3.05) is 20.3 Å². The molecule has 0 atom stereocenters. The number of nitrogens with zero attached hydrogens (tertiary/aromatic N) is 3. The van der Waals surface area contributed by atoms with E-state index in [1.807, 2.05) is 24.3 Å². The highest BCUT2D eigenvalue weighted by molar-refractivity contribution is 5.30. The van der Waals surface area contributed by atoms with E-state index >= 15 is 0 Å². The standard InChI is InChI=1S/C15H19N3O3/c1-12-7-20-15(21-8-12,9-18-11-16-10-17-18)13-3-5-14(19-2)6-4-13/h3-6,10-12H,7-9H2,1-2H3. The predicted molar refractivity (Wildman–Crippen MR) is 75.8 cm³/mol. The van der Waals surface area contributed by atoms with Crippen LogP contribution in [0.3, 0.4) is 0 Å². The molecule has 0 saturated carbocycles. The van der Waals surface area contributed by atoms with Gasteiger partial charge >= 0.3 is 0 Å². The summed E-state index contributed by atoms with van der Waals surface area (Å²) in [4.78, 5) is 3.98. The summed E-state index contributed by atoms with van der Waals surface area (Å²) in [5.41, 5.74) is 0.950. The van der Waals surface area contributed by atoms with Crippen molar-refractivity contribution in [3.05, 3.63) is 42.5 Å². The topological polar surface area (TPSA) is 58.4 Å². The summed E-state index contributed by atoms with van der Waals surface area (Å²) in [6, 6.07) is 7.74. The fraction of sp³-hybridized carbons (Fsp3) is 0.467. The molecule has 6 nitrogen and oxygen atoms in total. The Morgan fingerprint density at radius 2 is 2.00 bits per heavy atom. The fourth-order valence-corrected chi connectivity index (χ4v) is 2.37. The SMILES string of the molecule is COc1ccc(C2(Cn3cncn3)OCC(C)CO2)cc1. The number of hydrogen-bond donors (Lipinski definition) is 0. The minimum Gasteiger partial charge on any atom is -0.497 e. The Hall–Kier alpha value is -1.92. The summed E-state index contributed by atoms with van der Waals surface area (Å²) in [5, 5.41) is 4.15. The van der Waals surface area contributed by atoms with E-state index in [-0.39, 0.29) is 0 Å². The zero-order chi connectivity index (χ0) is 14.7. The lowest BCUT2D eigenvalue weighted by atomic mass is 10.0. The molecular formula is C15H19N3O3. The van der Waals surface area contributed by atoms with Gasteiger partial charge in [0, 0.05) is 11.5 Å². The molecule has 112 valence electrons. The number of methoxy groups -OCH3 is 1. The summed E-state index contributed by atoms with van der Waals surface area (Å²) in [6.45, 7) is 3.88. The van der Waals surface area contributed by atoms with Crippen LogP contribution in [-0.4, -0.2) is 35.1 Å². The highest BCUT2D eigenvalue weighted by atomic mass is 16.7. The molecule has 1 aromatic carbocycles. The number of ether oxygens (including phenoxy) is 3. The lowest BCUT2D eigenvalue weighted by molar-refractivity contribution is -0.298. The zero-order valence-electron chi connectivity index (χ0n) is 12.2. The number of aromatic nitrogens is 3. The van der Waals surface area contributed by atoms with Crippen LogP contribution in [0.1, 0.15) is 12.5 Å². The van der Waals surface area contributed by atoms with Crippen LogP contribution in [0.5, 0.6) is 5.75 Å². The maximum absolute atomic E-state index is 6.06. The van der Waals surface area contributed by atoms with E-state index in [4.69, 9.17) is 14.2 Å². The average Bonchev–Trinajstić information content (AvgIpc) is 3.03. The van der Waals surface area contributed by atoms with Crippen molar-refractivity contribution >= 4 is 0 Å². The van der Waals surface area contributed by atoms with Crippen molar-refractivity contribution in [2.24, 2.45) is 5.92 Å². The number of hydrogen-bond acceptors (Lipinski definition) is 5. The van der Waals surface area contributed by atoms with Gasteiger partial charge in [-0.15, -0.1) is 0 Å². The smallest absolute Gasteiger partial charge is 0.215 e. The molecule has 0 aliphatic carbocycles. The maximum atomic E-state index is 6.06. The van der Waals surface area contributed by atoms with E-state index in [1.54, 1.807) is 18.1 Å². The molecule has 0 radical (unpaired) electrons. The van der Waals surface area contributed by atoms with Crippen molar-refractivity contribution in [1.29, 1.82) is 0 Å². The average molecular weight is 289 g/mol. The van der Waals surface area contributed by atoms with E-state index in [0.717, 1.165) is 11.3 Å². The first-order chi connectivity index (χ1) is 10.2. The van der Waals surface area contributed by atoms with Gasteiger partial charge in [-0.3, -0.25) is 0 Å². The van der Waals surface area contributed by atoms with Crippen LogP contribution in [0, 0.1) is 5.92 Å². The minimum absolute atomic E-state index is 0.382. The largest absolute Gasteiger partial charge is 0.497 e. The Balaban J connectivity index is 1.90. The van der Waals surface area contributed by atoms with E-state index < -0.39 is 5.79 Å². The predicted octanol–water partition coefficient (Wildman–Crippen LogP) is 1.82. The van der Waals surface area contributed by atoms with Crippen molar-refractivity contribution in [3.8, 4) is 5.75 Å². The molecule has 21 heavy (non-hydrogen) atoms. The molecular weight excluding hydrogens is 270 g/mol. The van der Waals surface area contributed by atoms with Crippen molar-refractivity contribution in [3.63, 3.8) is 0 Å². The van der Waals surface area contributed by atoms with Crippen LogP contribution in [0.15, 0.2) is 36.9 Å². The molecule has 6 heteroatoms. The molecule has 0 N–H and O–H groups in total. The third kappa shape index (κ3) is 2.91. The Morgan fingerprint density at radius 3 is 2.57 bits per heavy atom. The number of rotatable bonds is 4. The van der Waals surface area contributed by atoms with Crippen LogP contribution in [-0.2, 0) is 21.8 Å². The zero-order valence-corrected chi connectivity index (χ0v) is 12.2. The molecule has 0 amide bonds. The molecule has 1 aliphatic heterocycles. The first-order valence-corrected chi connectivity index (χ1v) is 6.97. The monoisotopic (exact) mass is 289 g/mol.